The second-order valence-corrected chi connectivity index (χ2v) is 6.25. The van der Waals surface area contributed by atoms with Crippen LogP contribution in [0.4, 0.5) is 0 Å². The van der Waals surface area contributed by atoms with Gasteiger partial charge < -0.3 is 19.5 Å². The van der Waals surface area contributed by atoms with Crippen LogP contribution >= 0.6 is 11.6 Å². The van der Waals surface area contributed by atoms with Gasteiger partial charge in [-0.3, -0.25) is 4.79 Å². The Bertz CT molecular complexity index is 705. The van der Waals surface area contributed by atoms with Crippen molar-refractivity contribution in [3.63, 3.8) is 0 Å². The van der Waals surface area contributed by atoms with Crippen molar-refractivity contribution in [2.45, 2.75) is 32.4 Å². The molecule has 0 fully saturated rings. The highest BCUT2D eigenvalue weighted by molar-refractivity contribution is 6.32. The molecule has 0 aliphatic carbocycles. The average molecular weight is 378 g/mol. The highest BCUT2D eigenvalue weighted by Crippen LogP contribution is 2.25. The van der Waals surface area contributed by atoms with E-state index in [2.05, 4.69) is 5.32 Å². The fourth-order valence-electron chi connectivity index (χ4n) is 2.29. The number of halogens is 1. The van der Waals surface area contributed by atoms with Crippen molar-refractivity contribution >= 4 is 17.5 Å². The van der Waals surface area contributed by atoms with Crippen LogP contribution in [0.2, 0.25) is 5.02 Å². The Kier molecular flexibility index (Phi) is 7.60. The molecule has 0 radical (unpaired) electrons. The van der Waals surface area contributed by atoms with Gasteiger partial charge >= 0.3 is 0 Å². The number of para-hydroxylation sites is 1. The number of ether oxygens (including phenoxy) is 3. The third kappa shape index (κ3) is 5.85. The van der Waals surface area contributed by atoms with Gasteiger partial charge in [0, 0.05) is 0 Å². The van der Waals surface area contributed by atoms with Gasteiger partial charge in [-0.05, 0) is 49.7 Å². The fraction of sp³-hybridized carbons (Fsp3) is 0.350. The molecule has 140 valence electrons. The van der Waals surface area contributed by atoms with E-state index < -0.39 is 6.10 Å². The minimum absolute atomic E-state index is 0.173. The number of carbonyl (C=O) groups is 1. The second-order valence-electron chi connectivity index (χ2n) is 5.84. The summed E-state index contributed by atoms with van der Waals surface area (Å²) in [6, 6.07) is 14.2. The molecular formula is C20H24ClNO4. The van der Waals surface area contributed by atoms with Crippen molar-refractivity contribution in [1.29, 1.82) is 0 Å². The SMILES string of the molecule is CC[C@@H](Oc1ccccc1Cl)C(=O)N[C@@H](C)COc1ccc(OC)cc1. The highest BCUT2D eigenvalue weighted by atomic mass is 35.5. The number of methoxy groups -OCH3 is 1. The molecule has 1 N–H and O–H groups in total. The standard InChI is InChI=1S/C20H24ClNO4/c1-4-18(26-19-8-6-5-7-17(19)21)20(23)22-14(2)13-25-16-11-9-15(24-3)10-12-16/h5-12,14,18H,4,13H2,1-3H3,(H,22,23)/t14-,18+/m0/s1. The first-order valence-corrected chi connectivity index (χ1v) is 8.89. The predicted octanol–water partition coefficient (Wildman–Crippen LogP) is 4.09. The molecule has 2 rings (SSSR count). The molecule has 0 unspecified atom stereocenters. The van der Waals surface area contributed by atoms with Crippen LogP contribution in [0.15, 0.2) is 48.5 Å². The Hall–Kier alpha value is -2.40. The van der Waals surface area contributed by atoms with Gasteiger partial charge in [0.15, 0.2) is 6.10 Å². The number of amides is 1. The van der Waals surface area contributed by atoms with Crippen molar-refractivity contribution in [3.8, 4) is 17.2 Å². The van der Waals surface area contributed by atoms with E-state index in [-0.39, 0.29) is 11.9 Å². The van der Waals surface area contributed by atoms with Crippen LogP contribution in [0.25, 0.3) is 0 Å². The Morgan fingerprint density at radius 1 is 1.12 bits per heavy atom. The highest BCUT2D eigenvalue weighted by Gasteiger charge is 2.21. The number of nitrogens with one attached hydrogen (secondary N) is 1. The Balaban J connectivity index is 1.84. The lowest BCUT2D eigenvalue weighted by atomic mass is 10.2. The molecule has 2 atom stereocenters. The lowest BCUT2D eigenvalue weighted by molar-refractivity contribution is -0.128. The maximum Gasteiger partial charge on any atom is 0.261 e. The smallest absolute Gasteiger partial charge is 0.261 e. The topological polar surface area (TPSA) is 56.8 Å². The molecule has 26 heavy (non-hydrogen) atoms. The van der Waals surface area contributed by atoms with Gasteiger partial charge in [-0.25, -0.2) is 0 Å². The molecule has 0 saturated carbocycles. The van der Waals surface area contributed by atoms with E-state index in [0.717, 1.165) is 5.75 Å². The zero-order valence-corrected chi connectivity index (χ0v) is 16.0. The summed E-state index contributed by atoms with van der Waals surface area (Å²) in [5.74, 6) is 1.78. The van der Waals surface area contributed by atoms with Crippen LogP contribution in [0, 0.1) is 0 Å². The van der Waals surface area contributed by atoms with Crippen molar-refractivity contribution < 1.29 is 19.0 Å². The van der Waals surface area contributed by atoms with Gasteiger partial charge in [0.1, 0.15) is 23.9 Å². The van der Waals surface area contributed by atoms with E-state index in [9.17, 15) is 4.79 Å². The summed E-state index contributed by atoms with van der Waals surface area (Å²) < 4.78 is 16.5. The first-order chi connectivity index (χ1) is 12.5. The summed E-state index contributed by atoms with van der Waals surface area (Å²) >= 11 is 6.09. The largest absolute Gasteiger partial charge is 0.497 e. The molecule has 0 bridgehead atoms. The van der Waals surface area contributed by atoms with E-state index in [1.165, 1.54) is 0 Å². The Labute approximate surface area is 159 Å². The minimum Gasteiger partial charge on any atom is -0.497 e. The molecular weight excluding hydrogens is 354 g/mol. The molecule has 0 aromatic heterocycles. The first-order valence-electron chi connectivity index (χ1n) is 8.52. The van der Waals surface area contributed by atoms with E-state index >= 15 is 0 Å². The monoisotopic (exact) mass is 377 g/mol. The molecule has 0 saturated heterocycles. The second kappa shape index (κ2) is 9.92. The van der Waals surface area contributed by atoms with Crippen LogP contribution in [-0.4, -0.2) is 31.8 Å². The molecule has 5 nitrogen and oxygen atoms in total. The zero-order valence-electron chi connectivity index (χ0n) is 15.2. The predicted molar refractivity (Wildman–Crippen MR) is 102 cm³/mol. The summed E-state index contributed by atoms with van der Waals surface area (Å²) in [7, 11) is 1.61. The minimum atomic E-state index is -0.613. The number of hydrogen-bond donors (Lipinski definition) is 1. The van der Waals surface area contributed by atoms with Crippen molar-refractivity contribution in [2.75, 3.05) is 13.7 Å². The van der Waals surface area contributed by atoms with Gasteiger partial charge in [0.25, 0.3) is 5.91 Å². The number of rotatable bonds is 9. The normalized spacial score (nSPS) is 12.8. The Morgan fingerprint density at radius 3 is 2.38 bits per heavy atom. The van der Waals surface area contributed by atoms with Gasteiger partial charge in [0.05, 0.1) is 18.2 Å². The van der Waals surface area contributed by atoms with Crippen molar-refractivity contribution in [1.82, 2.24) is 5.32 Å². The van der Waals surface area contributed by atoms with Gasteiger partial charge in [-0.15, -0.1) is 0 Å². The van der Waals surface area contributed by atoms with E-state index in [0.29, 0.717) is 29.5 Å². The summed E-state index contributed by atoms with van der Waals surface area (Å²) in [5, 5.41) is 3.39. The van der Waals surface area contributed by atoms with Gasteiger partial charge in [-0.2, -0.15) is 0 Å². The quantitative estimate of drug-likeness (QED) is 0.715. The molecule has 2 aromatic carbocycles. The summed E-state index contributed by atoms with van der Waals surface area (Å²) in [5.41, 5.74) is 0. The third-order valence-electron chi connectivity index (χ3n) is 3.72. The zero-order chi connectivity index (χ0) is 18.9. The van der Waals surface area contributed by atoms with Crippen LogP contribution < -0.4 is 19.5 Å². The maximum absolute atomic E-state index is 12.4. The molecule has 1 amide bonds. The van der Waals surface area contributed by atoms with Crippen LogP contribution in [0.3, 0.4) is 0 Å². The number of hydrogen-bond acceptors (Lipinski definition) is 4. The molecule has 6 heteroatoms. The van der Waals surface area contributed by atoms with Gasteiger partial charge in [0.2, 0.25) is 0 Å². The molecule has 0 spiro atoms. The van der Waals surface area contributed by atoms with Crippen molar-refractivity contribution in [2.24, 2.45) is 0 Å². The van der Waals surface area contributed by atoms with Crippen LogP contribution in [0.5, 0.6) is 17.2 Å². The lowest BCUT2D eigenvalue weighted by Crippen LogP contribution is -2.44. The molecule has 2 aromatic rings. The van der Waals surface area contributed by atoms with Crippen molar-refractivity contribution in [3.05, 3.63) is 53.6 Å². The lowest BCUT2D eigenvalue weighted by Gasteiger charge is -2.21. The average Bonchev–Trinajstić information content (AvgIpc) is 2.66. The summed E-state index contributed by atoms with van der Waals surface area (Å²) in [6.07, 6.45) is -0.0818. The number of benzene rings is 2. The Morgan fingerprint density at radius 2 is 1.77 bits per heavy atom. The molecule has 0 heterocycles. The van der Waals surface area contributed by atoms with E-state index in [1.807, 2.05) is 50.2 Å². The molecule has 0 aliphatic rings. The summed E-state index contributed by atoms with van der Waals surface area (Å²) in [6.45, 7) is 4.11. The fourth-order valence-corrected chi connectivity index (χ4v) is 2.47. The summed E-state index contributed by atoms with van der Waals surface area (Å²) in [4.78, 5) is 12.4. The molecule has 0 aliphatic heterocycles. The van der Waals surface area contributed by atoms with E-state index in [4.69, 9.17) is 25.8 Å². The third-order valence-corrected chi connectivity index (χ3v) is 4.03. The van der Waals surface area contributed by atoms with E-state index in [1.54, 1.807) is 19.2 Å². The van der Waals surface area contributed by atoms with Crippen LogP contribution in [-0.2, 0) is 4.79 Å². The number of carbonyl (C=O) groups excluding carboxylic acids is 1. The first kappa shape index (κ1) is 19.9. The van der Waals surface area contributed by atoms with Gasteiger partial charge in [-0.1, -0.05) is 30.7 Å². The maximum atomic E-state index is 12.4. The van der Waals surface area contributed by atoms with Crippen LogP contribution in [0.1, 0.15) is 20.3 Å².